The second kappa shape index (κ2) is 4.08. The lowest BCUT2D eigenvalue weighted by molar-refractivity contribution is -0.209. The molecule has 21 heavy (non-hydrogen) atoms. The van der Waals surface area contributed by atoms with E-state index in [1.165, 1.54) is 0 Å². The van der Waals surface area contributed by atoms with Crippen molar-refractivity contribution in [1.82, 2.24) is 5.32 Å². The summed E-state index contributed by atoms with van der Waals surface area (Å²) >= 11 is 0. The molecular formula is C17H21NO3. The van der Waals surface area contributed by atoms with Gasteiger partial charge in [-0.15, -0.1) is 0 Å². The summed E-state index contributed by atoms with van der Waals surface area (Å²) in [5, 5.41) is 24.5. The average Bonchev–Trinajstić information content (AvgIpc) is 2.34. The molecule has 4 saturated carbocycles. The molecule has 4 fully saturated rings. The molecule has 4 bridgehead atoms. The van der Waals surface area contributed by atoms with Crippen LogP contribution in [0.3, 0.4) is 0 Å². The summed E-state index contributed by atoms with van der Waals surface area (Å²) in [4.78, 5) is 12.5. The summed E-state index contributed by atoms with van der Waals surface area (Å²) in [6, 6.07) is 9.15. The molecular weight excluding hydrogens is 266 g/mol. The summed E-state index contributed by atoms with van der Waals surface area (Å²) in [5.74, 6) is 0.206. The third kappa shape index (κ3) is 2.17. The van der Waals surface area contributed by atoms with Crippen LogP contribution in [-0.2, 0) is 0 Å². The van der Waals surface area contributed by atoms with E-state index in [4.69, 9.17) is 0 Å². The van der Waals surface area contributed by atoms with Crippen LogP contribution in [0.1, 0.15) is 48.9 Å². The molecule has 4 nitrogen and oxygen atoms in total. The second-order valence-electron chi connectivity index (χ2n) is 7.56. The van der Waals surface area contributed by atoms with Gasteiger partial charge in [-0.3, -0.25) is 4.79 Å². The molecule has 3 N–H and O–H groups in total. The number of carbonyl (C=O) groups is 1. The average molecular weight is 287 g/mol. The van der Waals surface area contributed by atoms with Gasteiger partial charge >= 0.3 is 0 Å². The topological polar surface area (TPSA) is 69.6 Å². The molecule has 0 heterocycles. The van der Waals surface area contributed by atoms with Crippen molar-refractivity contribution in [1.29, 1.82) is 0 Å². The molecule has 4 aliphatic rings. The van der Waals surface area contributed by atoms with E-state index in [2.05, 4.69) is 5.32 Å². The van der Waals surface area contributed by atoms with E-state index < -0.39 is 16.7 Å². The van der Waals surface area contributed by atoms with Gasteiger partial charge in [-0.1, -0.05) is 18.2 Å². The Balaban J connectivity index is 1.61. The molecule has 0 aliphatic heterocycles. The number of aliphatic hydroxyl groups is 2. The summed E-state index contributed by atoms with van der Waals surface area (Å²) in [5.41, 5.74) is -1.43. The van der Waals surface area contributed by atoms with E-state index in [1.807, 2.05) is 18.2 Å². The molecule has 1 amide bonds. The number of rotatable bonds is 2. The Hall–Kier alpha value is -1.39. The Bertz CT molecular complexity index is 567. The van der Waals surface area contributed by atoms with Gasteiger partial charge in [0.15, 0.2) is 0 Å². The van der Waals surface area contributed by atoms with Crippen LogP contribution < -0.4 is 5.32 Å². The molecule has 0 radical (unpaired) electrons. The maximum Gasteiger partial charge on any atom is 0.251 e. The summed E-state index contributed by atoms with van der Waals surface area (Å²) in [7, 11) is 0. The first-order chi connectivity index (χ1) is 9.90. The number of carbonyl (C=O) groups excluding carboxylic acids is 1. The molecule has 4 aliphatic carbocycles. The van der Waals surface area contributed by atoms with Crippen LogP contribution in [0, 0.1) is 5.92 Å². The van der Waals surface area contributed by atoms with Crippen LogP contribution >= 0.6 is 0 Å². The van der Waals surface area contributed by atoms with E-state index in [0.29, 0.717) is 30.7 Å². The molecule has 4 heteroatoms. The van der Waals surface area contributed by atoms with Gasteiger partial charge in [0.05, 0.1) is 11.2 Å². The molecule has 2 atom stereocenters. The summed E-state index contributed by atoms with van der Waals surface area (Å²) in [6.07, 6.45) is 3.99. The lowest BCUT2D eigenvalue weighted by Gasteiger charge is -2.63. The first-order valence-corrected chi connectivity index (χ1v) is 7.72. The minimum Gasteiger partial charge on any atom is -0.390 e. The Morgan fingerprint density at radius 1 is 1.00 bits per heavy atom. The lowest BCUT2D eigenvalue weighted by atomic mass is 9.49. The maximum absolute atomic E-state index is 12.5. The van der Waals surface area contributed by atoms with E-state index in [1.54, 1.807) is 12.1 Å². The first kappa shape index (κ1) is 13.3. The molecule has 0 saturated heterocycles. The minimum absolute atomic E-state index is 0.107. The predicted octanol–water partition coefficient (Wildman–Crippen LogP) is 1.61. The van der Waals surface area contributed by atoms with E-state index >= 15 is 0 Å². The van der Waals surface area contributed by atoms with E-state index in [0.717, 1.165) is 19.3 Å². The molecule has 112 valence electrons. The van der Waals surface area contributed by atoms with Gasteiger partial charge in [0.1, 0.15) is 0 Å². The zero-order valence-electron chi connectivity index (χ0n) is 12.0. The Labute approximate surface area is 124 Å². The lowest BCUT2D eigenvalue weighted by Crippen LogP contribution is -2.70. The molecule has 1 aromatic carbocycles. The Morgan fingerprint density at radius 3 is 2.19 bits per heavy atom. The smallest absolute Gasteiger partial charge is 0.251 e. The van der Waals surface area contributed by atoms with Gasteiger partial charge in [0.2, 0.25) is 0 Å². The number of amides is 1. The third-order valence-corrected chi connectivity index (χ3v) is 5.42. The zero-order valence-corrected chi connectivity index (χ0v) is 12.0. The zero-order chi connectivity index (χ0) is 14.7. The number of hydrogen-bond acceptors (Lipinski definition) is 3. The predicted molar refractivity (Wildman–Crippen MR) is 77.7 cm³/mol. The highest BCUT2D eigenvalue weighted by Gasteiger charge is 2.63. The maximum atomic E-state index is 12.5. The van der Waals surface area contributed by atoms with Crippen molar-refractivity contribution in [3.05, 3.63) is 35.9 Å². The van der Waals surface area contributed by atoms with Crippen molar-refractivity contribution in [2.45, 2.75) is 55.3 Å². The van der Waals surface area contributed by atoms with Crippen LogP contribution in [0.15, 0.2) is 30.3 Å². The van der Waals surface area contributed by atoms with Gasteiger partial charge in [0, 0.05) is 17.5 Å². The van der Waals surface area contributed by atoms with Crippen molar-refractivity contribution in [2.24, 2.45) is 5.92 Å². The Kier molecular flexibility index (Phi) is 2.58. The van der Waals surface area contributed by atoms with Gasteiger partial charge in [-0.2, -0.15) is 0 Å². The van der Waals surface area contributed by atoms with E-state index in [-0.39, 0.29) is 5.91 Å². The van der Waals surface area contributed by atoms with E-state index in [9.17, 15) is 15.0 Å². The molecule has 0 aromatic heterocycles. The van der Waals surface area contributed by atoms with Crippen LogP contribution in [0.5, 0.6) is 0 Å². The van der Waals surface area contributed by atoms with Crippen molar-refractivity contribution < 1.29 is 15.0 Å². The quantitative estimate of drug-likeness (QED) is 0.774. The Morgan fingerprint density at radius 2 is 1.62 bits per heavy atom. The fourth-order valence-electron chi connectivity index (χ4n) is 5.38. The highest BCUT2D eigenvalue weighted by atomic mass is 16.3. The van der Waals surface area contributed by atoms with Crippen LogP contribution in [0.2, 0.25) is 0 Å². The van der Waals surface area contributed by atoms with Crippen LogP contribution in [0.25, 0.3) is 0 Å². The third-order valence-electron chi connectivity index (χ3n) is 5.42. The van der Waals surface area contributed by atoms with Crippen LogP contribution in [-0.4, -0.2) is 32.9 Å². The summed E-state index contributed by atoms with van der Waals surface area (Å²) < 4.78 is 0. The fourth-order valence-corrected chi connectivity index (χ4v) is 5.38. The van der Waals surface area contributed by atoms with Crippen molar-refractivity contribution in [2.75, 3.05) is 0 Å². The highest BCUT2D eigenvalue weighted by molar-refractivity contribution is 5.94. The normalized spacial score (nSPS) is 43.8. The van der Waals surface area contributed by atoms with Crippen LogP contribution in [0.4, 0.5) is 0 Å². The highest BCUT2D eigenvalue weighted by Crippen LogP contribution is 2.59. The number of benzene rings is 1. The second-order valence-corrected chi connectivity index (χ2v) is 7.56. The summed E-state index contributed by atoms with van der Waals surface area (Å²) in [6.45, 7) is 0. The molecule has 1 aromatic rings. The van der Waals surface area contributed by atoms with Gasteiger partial charge in [0.25, 0.3) is 5.91 Å². The SMILES string of the molecule is O=C(NC12CC3CC(O)(CC(O)(C3)C1)C2)c1ccccc1. The standard InChI is InChI=1S/C17H21NO3/c19-14(13-4-2-1-3-5-13)18-15-6-12-7-16(20,9-15)11-17(21,8-12)10-15/h1-5,12,20-21H,6-11H2,(H,18,19). The molecule has 2 unspecified atom stereocenters. The van der Waals surface area contributed by atoms with Gasteiger partial charge in [-0.25, -0.2) is 0 Å². The molecule has 5 rings (SSSR count). The van der Waals surface area contributed by atoms with Gasteiger partial charge < -0.3 is 15.5 Å². The number of hydrogen-bond donors (Lipinski definition) is 3. The minimum atomic E-state index is -0.807. The van der Waals surface area contributed by atoms with Crippen molar-refractivity contribution >= 4 is 5.91 Å². The number of nitrogens with one attached hydrogen (secondary N) is 1. The van der Waals surface area contributed by atoms with Crippen molar-refractivity contribution in [3.8, 4) is 0 Å². The molecule has 0 spiro atoms. The fraction of sp³-hybridized carbons (Fsp3) is 0.588. The largest absolute Gasteiger partial charge is 0.390 e. The van der Waals surface area contributed by atoms with Gasteiger partial charge in [-0.05, 0) is 50.2 Å². The monoisotopic (exact) mass is 287 g/mol. The first-order valence-electron chi connectivity index (χ1n) is 7.72. The van der Waals surface area contributed by atoms with Crippen molar-refractivity contribution in [3.63, 3.8) is 0 Å².